The van der Waals surface area contributed by atoms with Crippen molar-refractivity contribution in [3.05, 3.63) is 12.2 Å². The summed E-state index contributed by atoms with van der Waals surface area (Å²) in [5, 5.41) is 44.0. The lowest BCUT2D eigenvalue weighted by Gasteiger charge is -2.66. The van der Waals surface area contributed by atoms with Gasteiger partial charge in [0, 0.05) is 24.2 Å². The molecule has 6 heteroatoms. The second kappa shape index (κ2) is 7.04. The van der Waals surface area contributed by atoms with Gasteiger partial charge in [0.1, 0.15) is 11.7 Å². The summed E-state index contributed by atoms with van der Waals surface area (Å²) in [6, 6.07) is 0. The molecule has 6 fully saturated rings. The molecule has 6 aliphatic rings. The second-order valence-corrected chi connectivity index (χ2v) is 13.0. The van der Waals surface area contributed by atoms with Gasteiger partial charge in [-0.05, 0) is 67.6 Å². The number of rotatable bonds is 0. The highest BCUT2D eigenvalue weighted by atomic mass is 16.7. The molecule has 0 bridgehead atoms. The number of aliphatic hydroxyl groups excluding tert-OH is 3. The molecular weight excluding hydrogens is 420 g/mol. The van der Waals surface area contributed by atoms with E-state index >= 15 is 0 Å². The highest BCUT2D eigenvalue weighted by Gasteiger charge is 2.73. The van der Waals surface area contributed by atoms with Gasteiger partial charge < -0.3 is 29.9 Å². The fourth-order valence-corrected chi connectivity index (χ4v) is 10.2. The van der Waals surface area contributed by atoms with Crippen LogP contribution in [0.3, 0.4) is 0 Å². The van der Waals surface area contributed by atoms with Gasteiger partial charge in [-0.15, -0.1) is 0 Å². The summed E-state index contributed by atoms with van der Waals surface area (Å²) in [4.78, 5) is 0. The van der Waals surface area contributed by atoms with Crippen LogP contribution in [0.15, 0.2) is 12.2 Å². The maximum atomic E-state index is 11.7. The summed E-state index contributed by atoms with van der Waals surface area (Å²) >= 11 is 0. The third-order valence-electron chi connectivity index (χ3n) is 12.0. The molecule has 2 saturated heterocycles. The summed E-state index contributed by atoms with van der Waals surface area (Å²) in [6.45, 7) is 11.4. The Hall–Kier alpha value is -0.500. The van der Waals surface area contributed by atoms with Crippen molar-refractivity contribution < 1.29 is 29.9 Å². The van der Waals surface area contributed by atoms with Crippen molar-refractivity contribution in [2.75, 3.05) is 6.61 Å². The van der Waals surface area contributed by atoms with E-state index in [-0.39, 0.29) is 23.9 Å². The first kappa shape index (κ1) is 22.9. The predicted octanol–water partition coefficient (Wildman–Crippen LogP) is 2.77. The van der Waals surface area contributed by atoms with Crippen LogP contribution < -0.4 is 0 Å². The van der Waals surface area contributed by atoms with Gasteiger partial charge in [-0.3, -0.25) is 0 Å². The van der Waals surface area contributed by atoms with Gasteiger partial charge in [0.25, 0.3) is 0 Å². The fraction of sp³-hybridized carbons (Fsp3) is 0.926. The van der Waals surface area contributed by atoms with Crippen LogP contribution in [0.25, 0.3) is 0 Å². The smallest absolute Gasteiger partial charge is 0.172 e. The van der Waals surface area contributed by atoms with Gasteiger partial charge in [-0.25, -0.2) is 0 Å². The summed E-state index contributed by atoms with van der Waals surface area (Å²) in [5.74, 6) is 1.30. The average molecular weight is 463 g/mol. The molecule has 6 rings (SSSR count). The van der Waals surface area contributed by atoms with Crippen LogP contribution in [0.1, 0.15) is 72.1 Å². The topological polar surface area (TPSA) is 99.4 Å². The molecule has 0 aromatic rings. The molecule has 0 radical (unpaired) electrons. The first-order valence-electron chi connectivity index (χ1n) is 13.2. The Balaban J connectivity index is 1.30. The lowest BCUT2D eigenvalue weighted by atomic mass is 9.41. The Kier molecular flexibility index (Phi) is 4.89. The maximum absolute atomic E-state index is 11.7. The molecule has 1 spiro atoms. The number of ether oxygens (including phenoxy) is 2. The van der Waals surface area contributed by atoms with Crippen LogP contribution in [-0.2, 0) is 9.47 Å². The van der Waals surface area contributed by atoms with E-state index in [2.05, 4.69) is 20.4 Å². The van der Waals surface area contributed by atoms with E-state index in [1.165, 1.54) is 0 Å². The Morgan fingerprint density at radius 1 is 1.00 bits per heavy atom. The van der Waals surface area contributed by atoms with Gasteiger partial charge >= 0.3 is 0 Å². The molecule has 4 aliphatic carbocycles. The molecule has 33 heavy (non-hydrogen) atoms. The largest absolute Gasteiger partial charge is 0.392 e. The molecule has 6 nitrogen and oxygen atoms in total. The van der Waals surface area contributed by atoms with Gasteiger partial charge in [0.05, 0.1) is 24.9 Å². The zero-order valence-corrected chi connectivity index (χ0v) is 20.4. The van der Waals surface area contributed by atoms with Gasteiger partial charge in [0.15, 0.2) is 5.79 Å². The average Bonchev–Trinajstić information content (AvgIpc) is 3.22. The van der Waals surface area contributed by atoms with E-state index in [0.29, 0.717) is 36.7 Å². The van der Waals surface area contributed by atoms with E-state index in [9.17, 15) is 20.4 Å². The van der Waals surface area contributed by atoms with Crippen molar-refractivity contribution in [2.24, 2.45) is 40.4 Å². The summed E-state index contributed by atoms with van der Waals surface area (Å²) < 4.78 is 13.1. The van der Waals surface area contributed by atoms with E-state index in [1.54, 1.807) is 0 Å². The monoisotopic (exact) mass is 462 g/mol. The SMILES string of the molecule is C=C1CC[C@@]2(OC1)O[C@H]1C[C@H]3[C@@H]4CC[C@]5(O)[C@@H](O)[C@H](O)C[C@@H](O)[C@]5(C)[C@H]4CC[C@]3(C)[C@H]1[C@@H]2C. The molecule has 2 aliphatic heterocycles. The Labute approximate surface area is 197 Å². The van der Waals surface area contributed by atoms with Crippen LogP contribution >= 0.6 is 0 Å². The van der Waals surface area contributed by atoms with Gasteiger partial charge in [-0.1, -0.05) is 32.9 Å². The van der Waals surface area contributed by atoms with Crippen molar-refractivity contribution in [1.82, 2.24) is 0 Å². The molecular formula is C27H42O6. The first-order valence-corrected chi connectivity index (χ1v) is 13.2. The van der Waals surface area contributed by atoms with E-state index in [4.69, 9.17) is 9.47 Å². The van der Waals surface area contributed by atoms with Crippen molar-refractivity contribution in [3.63, 3.8) is 0 Å². The van der Waals surface area contributed by atoms with Crippen LogP contribution in [-0.4, -0.2) is 62.8 Å². The molecule has 0 amide bonds. The number of fused-ring (bicyclic) bond motifs is 7. The predicted molar refractivity (Wildman–Crippen MR) is 122 cm³/mol. The Bertz CT molecular complexity index is 834. The number of hydrogen-bond donors (Lipinski definition) is 4. The van der Waals surface area contributed by atoms with Crippen molar-refractivity contribution in [2.45, 2.75) is 108 Å². The number of hydrogen-bond acceptors (Lipinski definition) is 6. The van der Waals surface area contributed by atoms with E-state index < -0.39 is 35.1 Å². The minimum absolute atomic E-state index is 0.127. The third kappa shape index (κ3) is 2.66. The van der Waals surface area contributed by atoms with E-state index in [0.717, 1.165) is 44.1 Å². The zero-order chi connectivity index (χ0) is 23.6. The lowest BCUT2D eigenvalue weighted by Crippen LogP contribution is -2.73. The molecule has 2 heterocycles. The normalized spacial score (nSPS) is 62.5. The standard InChI is InChI=1S/C27H42O6/c1-14-5-10-27(32-13-14)15(2)22-20(33-27)11-18-16-6-9-26(31)23(30)19(28)12-21(29)25(26,4)17(16)7-8-24(18,22)3/h15-23,28-31H,1,5-13H2,2-4H3/t15-,16+,17-,18-,19+,20-,21+,22-,23-,24-,25-,26-,27+/m0/s1. The minimum Gasteiger partial charge on any atom is -0.392 e. The molecule has 4 saturated carbocycles. The first-order chi connectivity index (χ1) is 15.5. The molecule has 0 aromatic carbocycles. The van der Waals surface area contributed by atoms with Gasteiger partial charge in [-0.2, -0.15) is 0 Å². The molecule has 4 N–H and O–H groups in total. The van der Waals surface area contributed by atoms with Crippen LogP contribution in [0.5, 0.6) is 0 Å². The molecule has 0 unspecified atom stereocenters. The summed E-state index contributed by atoms with van der Waals surface area (Å²) in [7, 11) is 0. The highest BCUT2D eigenvalue weighted by Crippen LogP contribution is 2.71. The van der Waals surface area contributed by atoms with Crippen LogP contribution in [0.4, 0.5) is 0 Å². The molecule has 0 aromatic heterocycles. The Morgan fingerprint density at radius 2 is 1.76 bits per heavy atom. The minimum atomic E-state index is -1.44. The summed E-state index contributed by atoms with van der Waals surface area (Å²) in [5.41, 5.74) is -0.955. The summed E-state index contributed by atoms with van der Waals surface area (Å²) in [6.07, 6.45) is 3.30. The van der Waals surface area contributed by atoms with Crippen molar-refractivity contribution >= 4 is 0 Å². The van der Waals surface area contributed by atoms with Crippen LogP contribution in [0.2, 0.25) is 0 Å². The van der Waals surface area contributed by atoms with Crippen molar-refractivity contribution in [1.29, 1.82) is 0 Å². The quantitative estimate of drug-likeness (QED) is 0.413. The fourth-order valence-electron chi connectivity index (χ4n) is 10.2. The number of aliphatic hydroxyl groups is 4. The molecule has 13 atom stereocenters. The van der Waals surface area contributed by atoms with E-state index in [1.807, 2.05) is 6.92 Å². The molecule has 186 valence electrons. The van der Waals surface area contributed by atoms with Gasteiger partial charge in [0.2, 0.25) is 0 Å². The Morgan fingerprint density at radius 3 is 2.45 bits per heavy atom. The van der Waals surface area contributed by atoms with Crippen LogP contribution in [0, 0.1) is 40.4 Å². The lowest BCUT2D eigenvalue weighted by molar-refractivity contribution is -0.300. The highest BCUT2D eigenvalue weighted by molar-refractivity contribution is 5.21. The third-order valence-corrected chi connectivity index (χ3v) is 12.0. The second-order valence-electron chi connectivity index (χ2n) is 13.0. The maximum Gasteiger partial charge on any atom is 0.172 e. The van der Waals surface area contributed by atoms with Crippen molar-refractivity contribution in [3.8, 4) is 0 Å². The zero-order valence-electron chi connectivity index (χ0n) is 20.4.